The number of likely N-dealkylation sites (tertiary alicyclic amines) is 1. The van der Waals surface area contributed by atoms with Crippen LogP contribution in [0.2, 0.25) is 0 Å². The number of nitrogens with zero attached hydrogens (tertiary/aromatic N) is 1. The molecule has 3 amide bonds. The van der Waals surface area contributed by atoms with Gasteiger partial charge < -0.3 is 26.4 Å². The molecule has 0 saturated carbocycles. The van der Waals surface area contributed by atoms with E-state index >= 15 is 0 Å². The van der Waals surface area contributed by atoms with Gasteiger partial charge in [-0.1, -0.05) is 6.92 Å². The molecule has 1 aliphatic heterocycles. The topological polar surface area (TPSA) is 125 Å². The summed E-state index contributed by atoms with van der Waals surface area (Å²) in [6.07, 6.45) is 1.60. The van der Waals surface area contributed by atoms with Gasteiger partial charge in [-0.25, -0.2) is 9.59 Å². The maximum absolute atomic E-state index is 11.7. The molecule has 1 aliphatic rings. The standard InChI is InChI=1S/C13H24N4O4/c1-2-17-5-3-9(4-6-17)8-15-13(21)16-10(12(19)20)7-11(14)18/h9-10H,2-8H2,1H3,(H2,14,18)(H,19,20)(H2,15,16,21)/t10-/m0/s1. The first-order valence-corrected chi connectivity index (χ1v) is 7.20. The summed E-state index contributed by atoms with van der Waals surface area (Å²) >= 11 is 0. The second-order valence-corrected chi connectivity index (χ2v) is 5.29. The molecule has 1 saturated heterocycles. The van der Waals surface area contributed by atoms with Crippen molar-refractivity contribution in [2.45, 2.75) is 32.2 Å². The van der Waals surface area contributed by atoms with E-state index in [1.165, 1.54) is 0 Å². The van der Waals surface area contributed by atoms with Gasteiger partial charge in [-0.2, -0.15) is 0 Å². The van der Waals surface area contributed by atoms with Gasteiger partial charge in [0.25, 0.3) is 0 Å². The zero-order chi connectivity index (χ0) is 15.8. The number of nitrogens with one attached hydrogen (secondary N) is 2. The van der Waals surface area contributed by atoms with Crippen molar-refractivity contribution in [3.05, 3.63) is 0 Å². The van der Waals surface area contributed by atoms with Gasteiger partial charge >= 0.3 is 12.0 Å². The number of carboxylic acid groups (broad SMARTS) is 1. The summed E-state index contributed by atoms with van der Waals surface area (Å²) in [6.45, 7) is 5.70. The number of carbonyl (C=O) groups is 3. The molecule has 1 atom stereocenters. The van der Waals surface area contributed by atoms with Gasteiger partial charge in [0.1, 0.15) is 6.04 Å². The lowest BCUT2D eigenvalue weighted by Crippen LogP contribution is -2.49. The normalized spacial score (nSPS) is 18.0. The molecule has 21 heavy (non-hydrogen) atoms. The molecule has 120 valence electrons. The van der Waals surface area contributed by atoms with Crippen molar-refractivity contribution < 1.29 is 19.5 Å². The summed E-state index contributed by atoms with van der Waals surface area (Å²) in [4.78, 5) is 35.6. The molecule has 0 aliphatic carbocycles. The Morgan fingerprint density at radius 3 is 2.43 bits per heavy atom. The largest absolute Gasteiger partial charge is 0.480 e. The summed E-state index contributed by atoms with van der Waals surface area (Å²) in [5, 5.41) is 13.8. The number of amides is 3. The average Bonchev–Trinajstić information content (AvgIpc) is 2.44. The number of hydrogen-bond donors (Lipinski definition) is 4. The van der Waals surface area contributed by atoms with Gasteiger partial charge in [0.15, 0.2) is 0 Å². The fourth-order valence-electron chi connectivity index (χ4n) is 2.35. The van der Waals surface area contributed by atoms with Crippen LogP contribution in [-0.4, -0.2) is 60.1 Å². The van der Waals surface area contributed by atoms with Crippen molar-refractivity contribution in [1.29, 1.82) is 0 Å². The van der Waals surface area contributed by atoms with Crippen LogP contribution in [-0.2, 0) is 9.59 Å². The first-order chi connectivity index (χ1) is 9.92. The number of primary amides is 1. The van der Waals surface area contributed by atoms with Gasteiger partial charge in [0.05, 0.1) is 6.42 Å². The van der Waals surface area contributed by atoms with E-state index in [0.717, 1.165) is 32.5 Å². The Balaban J connectivity index is 2.30. The van der Waals surface area contributed by atoms with Crippen LogP contribution in [0.15, 0.2) is 0 Å². The van der Waals surface area contributed by atoms with Crippen molar-refractivity contribution in [1.82, 2.24) is 15.5 Å². The minimum absolute atomic E-state index is 0.401. The average molecular weight is 300 g/mol. The molecule has 0 aromatic heterocycles. The molecule has 0 spiro atoms. The third-order valence-electron chi connectivity index (χ3n) is 3.71. The fourth-order valence-corrected chi connectivity index (χ4v) is 2.35. The molecule has 5 N–H and O–H groups in total. The van der Waals surface area contributed by atoms with Crippen LogP contribution in [0.3, 0.4) is 0 Å². The van der Waals surface area contributed by atoms with E-state index in [1.54, 1.807) is 0 Å². The molecule has 8 heteroatoms. The summed E-state index contributed by atoms with van der Waals surface area (Å²) in [7, 11) is 0. The number of carbonyl (C=O) groups excluding carboxylic acids is 2. The third kappa shape index (κ3) is 6.44. The number of nitrogens with two attached hydrogens (primary N) is 1. The third-order valence-corrected chi connectivity index (χ3v) is 3.71. The van der Waals surface area contributed by atoms with Gasteiger partial charge in [0, 0.05) is 6.54 Å². The molecule has 1 heterocycles. The van der Waals surface area contributed by atoms with E-state index < -0.39 is 30.4 Å². The zero-order valence-electron chi connectivity index (χ0n) is 12.3. The SMILES string of the molecule is CCN1CCC(CNC(=O)N[C@@H](CC(N)=O)C(=O)O)CC1. The molecule has 0 radical (unpaired) electrons. The minimum Gasteiger partial charge on any atom is -0.480 e. The van der Waals surface area contributed by atoms with Crippen LogP contribution in [0, 0.1) is 5.92 Å². The van der Waals surface area contributed by atoms with Crippen molar-refractivity contribution in [3.63, 3.8) is 0 Å². The molecule has 1 rings (SSSR count). The number of carboxylic acids is 1. The smallest absolute Gasteiger partial charge is 0.326 e. The maximum atomic E-state index is 11.7. The number of piperidine rings is 1. The van der Waals surface area contributed by atoms with Crippen molar-refractivity contribution >= 4 is 17.9 Å². The molecule has 8 nitrogen and oxygen atoms in total. The van der Waals surface area contributed by atoms with Gasteiger partial charge in [-0.05, 0) is 38.4 Å². The first-order valence-electron chi connectivity index (χ1n) is 7.20. The quantitative estimate of drug-likeness (QED) is 0.497. The second kappa shape index (κ2) is 8.46. The molecule has 0 aromatic carbocycles. The van der Waals surface area contributed by atoms with E-state index in [9.17, 15) is 14.4 Å². The van der Waals surface area contributed by atoms with Crippen LogP contribution in [0.1, 0.15) is 26.2 Å². The van der Waals surface area contributed by atoms with E-state index in [4.69, 9.17) is 10.8 Å². The van der Waals surface area contributed by atoms with Crippen LogP contribution in [0.4, 0.5) is 4.79 Å². The fraction of sp³-hybridized carbons (Fsp3) is 0.769. The zero-order valence-corrected chi connectivity index (χ0v) is 12.3. The Labute approximate surface area is 124 Å². The van der Waals surface area contributed by atoms with Crippen LogP contribution in [0.25, 0.3) is 0 Å². The number of aliphatic carboxylic acids is 1. The summed E-state index contributed by atoms with van der Waals surface area (Å²) < 4.78 is 0. The predicted molar refractivity (Wildman–Crippen MR) is 76.6 cm³/mol. The summed E-state index contributed by atoms with van der Waals surface area (Å²) in [5.74, 6) is -1.65. The Morgan fingerprint density at radius 2 is 1.95 bits per heavy atom. The van der Waals surface area contributed by atoms with Gasteiger partial charge in [0.2, 0.25) is 5.91 Å². The molecular formula is C13H24N4O4. The van der Waals surface area contributed by atoms with E-state index in [0.29, 0.717) is 12.5 Å². The summed E-state index contributed by atoms with van der Waals surface area (Å²) in [6, 6.07) is -1.87. The molecule has 0 bridgehead atoms. The van der Waals surface area contributed by atoms with Gasteiger partial charge in [-0.15, -0.1) is 0 Å². The van der Waals surface area contributed by atoms with E-state index in [2.05, 4.69) is 22.5 Å². The Hall–Kier alpha value is -1.83. The predicted octanol–water partition coefficient (Wildman–Crippen LogP) is -0.654. The number of hydrogen-bond acceptors (Lipinski definition) is 4. The number of rotatable bonds is 7. The molecule has 1 fully saturated rings. The highest BCUT2D eigenvalue weighted by Gasteiger charge is 2.23. The lowest BCUT2D eigenvalue weighted by molar-refractivity contribution is -0.140. The Kier molecular flexibility index (Phi) is 6.93. The molecular weight excluding hydrogens is 276 g/mol. The molecule has 0 aromatic rings. The Morgan fingerprint density at radius 1 is 1.33 bits per heavy atom. The first kappa shape index (κ1) is 17.2. The monoisotopic (exact) mass is 300 g/mol. The highest BCUT2D eigenvalue weighted by Crippen LogP contribution is 2.15. The van der Waals surface area contributed by atoms with Gasteiger partial charge in [-0.3, -0.25) is 4.79 Å². The highest BCUT2D eigenvalue weighted by atomic mass is 16.4. The second-order valence-electron chi connectivity index (χ2n) is 5.29. The number of urea groups is 1. The molecule has 0 unspecified atom stereocenters. The van der Waals surface area contributed by atoms with Crippen molar-refractivity contribution in [2.24, 2.45) is 11.7 Å². The van der Waals surface area contributed by atoms with Crippen LogP contribution < -0.4 is 16.4 Å². The maximum Gasteiger partial charge on any atom is 0.326 e. The van der Waals surface area contributed by atoms with Crippen LogP contribution in [0.5, 0.6) is 0 Å². The Bertz CT molecular complexity index is 380. The summed E-state index contributed by atoms with van der Waals surface area (Å²) in [5.41, 5.74) is 4.95. The highest BCUT2D eigenvalue weighted by molar-refractivity contribution is 5.87. The minimum atomic E-state index is -1.29. The van der Waals surface area contributed by atoms with Crippen LogP contribution >= 0.6 is 0 Å². The van der Waals surface area contributed by atoms with E-state index in [1.807, 2.05) is 0 Å². The van der Waals surface area contributed by atoms with Crippen molar-refractivity contribution in [3.8, 4) is 0 Å². The van der Waals surface area contributed by atoms with Crippen molar-refractivity contribution in [2.75, 3.05) is 26.2 Å². The lowest BCUT2D eigenvalue weighted by atomic mass is 9.97. The lowest BCUT2D eigenvalue weighted by Gasteiger charge is -2.31. The van der Waals surface area contributed by atoms with E-state index in [-0.39, 0.29) is 0 Å².